The van der Waals surface area contributed by atoms with Gasteiger partial charge in [-0.15, -0.1) is 11.3 Å². The van der Waals surface area contributed by atoms with E-state index in [4.69, 9.17) is 11.6 Å². The lowest BCUT2D eigenvalue weighted by molar-refractivity contribution is -0.140. The van der Waals surface area contributed by atoms with Crippen LogP contribution in [0.5, 0.6) is 0 Å². The van der Waals surface area contributed by atoms with E-state index in [2.05, 4.69) is 4.98 Å². The summed E-state index contributed by atoms with van der Waals surface area (Å²) in [6, 6.07) is 16.6. The molecule has 31 heavy (non-hydrogen) atoms. The summed E-state index contributed by atoms with van der Waals surface area (Å²) >= 11 is 7.57. The van der Waals surface area contributed by atoms with E-state index in [-0.39, 0.29) is 25.5 Å². The molecule has 1 atom stereocenters. The van der Waals surface area contributed by atoms with E-state index < -0.39 is 11.9 Å². The summed E-state index contributed by atoms with van der Waals surface area (Å²) < 4.78 is 0. The number of rotatable bonds is 10. The van der Waals surface area contributed by atoms with Gasteiger partial charge in [0.15, 0.2) is 5.13 Å². The van der Waals surface area contributed by atoms with Crippen molar-refractivity contribution in [2.24, 2.45) is 5.92 Å². The Morgan fingerprint density at radius 3 is 2.48 bits per heavy atom. The molecule has 162 valence electrons. The zero-order valence-corrected chi connectivity index (χ0v) is 18.4. The number of benzene rings is 2. The summed E-state index contributed by atoms with van der Waals surface area (Å²) in [6.07, 6.45) is 0.383. The molecule has 8 heteroatoms. The fourth-order valence-electron chi connectivity index (χ4n) is 3.29. The van der Waals surface area contributed by atoms with Gasteiger partial charge in [0.1, 0.15) is 0 Å². The number of anilines is 1. The molecule has 0 saturated carbocycles. The largest absolute Gasteiger partial charge is 0.481 e. The van der Waals surface area contributed by atoms with E-state index in [1.165, 1.54) is 16.2 Å². The summed E-state index contributed by atoms with van der Waals surface area (Å²) in [7, 11) is 0. The Morgan fingerprint density at radius 1 is 1.10 bits per heavy atom. The second kappa shape index (κ2) is 11.0. The van der Waals surface area contributed by atoms with Gasteiger partial charge in [0.2, 0.25) is 5.91 Å². The number of hydrogen-bond acceptors (Lipinski definition) is 5. The van der Waals surface area contributed by atoms with E-state index in [0.29, 0.717) is 28.7 Å². The SMILES string of the molecule is O=C(O)C[C@@H](Cc1ccccc1)C(=O)N(CCCO)c1nc(-c2ccccc2Cl)cs1. The van der Waals surface area contributed by atoms with Gasteiger partial charge in [0, 0.05) is 29.1 Å². The maximum absolute atomic E-state index is 13.4. The van der Waals surface area contributed by atoms with Crippen LogP contribution in [0.4, 0.5) is 5.13 Å². The number of amides is 1. The highest BCUT2D eigenvalue weighted by Gasteiger charge is 2.29. The minimum absolute atomic E-state index is 0.0885. The lowest BCUT2D eigenvalue weighted by Gasteiger charge is -2.24. The smallest absolute Gasteiger partial charge is 0.304 e. The topological polar surface area (TPSA) is 90.7 Å². The van der Waals surface area contributed by atoms with Crippen LogP contribution in [0.15, 0.2) is 60.0 Å². The third kappa shape index (κ3) is 6.13. The van der Waals surface area contributed by atoms with Crippen LogP contribution in [-0.4, -0.2) is 40.2 Å². The molecule has 0 aliphatic heterocycles. The number of nitrogens with zero attached hydrogens (tertiary/aromatic N) is 2. The molecule has 0 fully saturated rings. The minimum atomic E-state index is -1.03. The number of aliphatic hydroxyl groups is 1. The molecule has 3 aromatic rings. The predicted octanol–water partition coefficient (Wildman–Crippen LogP) is 4.51. The summed E-state index contributed by atoms with van der Waals surface area (Å²) in [5, 5.41) is 21.5. The highest BCUT2D eigenvalue weighted by atomic mass is 35.5. The first-order chi connectivity index (χ1) is 15.0. The van der Waals surface area contributed by atoms with Crippen molar-refractivity contribution in [2.75, 3.05) is 18.1 Å². The van der Waals surface area contributed by atoms with Gasteiger partial charge in [0.25, 0.3) is 0 Å². The molecule has 0 unspecified atom stereocenters. The van der Waals surface area contributed by atoms with Crippen molar-refractivity contribution in [1.29, 1.82) is 0 Å². The Morgan fingerprint density at radius 2 is 1.81 bits per heavy atom. The number of carboxylic acid groups (broad SMARTS) is 1. The Hall–Kier alpha value is -2.74. The van der Waals surface area contributed by atoms with Crippen LogP contribution >= 0.6 is 22.9 Å². The quantitative estimate of drug-likeness (QED) is 0.466. The Bertz CT molecular complexity index is 1030. The van der Waals surface area contributed by atoms with Gasteiger partial charge in [-0.2, -0.15) is 0 Å². The van der Waals surface area contributed by atoms with E-state index in [1.54, 1.807) is 6.07 Å². The Kier molecular flexibility index (Phi) is 8.17. The number of halogens is 1. The molecule has 0 radical (unpaired) electrons. The monoisotopic (exact) mass is 458 g/mol. The maximum atomic E-state index is 13.4. The second-order valence-electron chi connectivity index (χ2n) is 7.05. The van der Waals surface area contributed by atoms with Gasteiger partial charge in [-0.05, 0) is 24.5 Å². The van der Waals surface area contributed by atoms with Gasteiger partial charge in [-0.3, -0.25) is 14.5 Å². The standard InChI is InChI=1S/C23H23ClN2O4S/c24-19-10-5-4-9-18(19)20-15-31-23(25-20)26(11-6-12-27)22(30)17(14-21(28)29)13-16-7-2-1-3-8-16/h1-5,7-10,15,17,27H,6,11-14H2,(H,28,29)/t17-/m1/s1. The number of aromatic nitrogens is 1. The van der Waals surface area contributed by atoms with Crippen LogP contribution < -0.4 is 4.90 Å². The fraction of sp³-hybridized carbons (Fsp3) is 0.261. The van der Waals surface area contributed by atoms with Gasteiger partial charge in [-0.1, -0.05) is 60.1 Å². The van der Waals surface area contributed by atoms with E-state index >= 15 is 0 Å². The van der Waals surface area contributed by atoms with Crippen molar-refractivity contribution in [2.45, 2.75) is 19.3 Å². The van der Waals surface area contributed by atoms with Gasteiger partial charge >= 0.3 is 5.97 Å². The van der Waals surface area contributed by atoms with Crippen molar-refractivity contribution < 1.29 is 19.8 Å². The third-order valence-corrected chi connectivity index (χ3v) is 5.97. The van der Waals surface area contributed by atoms with Crippen LogP contribution in [0.25, 0.3) is 11.3 Å². The van der Waals surface area contributed by atoms with Crippen LogP contribution in [0, 0.1) is 5.92 Å². The summed E-state index contributed by atoms with van der Waals surface area (Å²) in [6.45, 7) is 0.157. The number of aliphatic carboxylic acids is 1. The molecule has 6 nitrogen and oxygen atoms in total. The molecule has 2 aromatic carbocycles. The fourth-order valence-corrected chi connectivity index (χ4v) is 4.38. The molecule has 0 aliphatic carbocycles. The van der Waals surface area contributed by atoms with Crippen molar-refractivity contribution in [1.82, 2.24) is 4.98 Å². The number of hydrogen-bond donors (Lipinski definition) is 2. The molecule has 1 aromatic heterocycles. The average Bonchev–Trinajstić information content (AvgIpc) is 3.24. The van der Waals surface area contributed by atoms with Crippen LogP contribution in [-0.2, 0) is 16.0 Å². The highest BCUT2D eigenvalue weighted by Crippen LogP contribution is 2.33. The molecule has 0 aliphatic rings. The Labute approximate surface area is 189 Å². The van der Waals surface area contributed by atoms with Crippen molar-refractivity contribution in [3.63, 3.8) is 0 Å². The normalized spacial score (nSPS) is 11.8. The number of carbonyl (C=O) groups excluding carboxylic acids is 1. The van der Waals surface area contributed by atoms with Gasteiger partial charge < -0.3 is 10.2 Å². The highest BCUT2D eigenvalue weighted by molar-refractivity contribution is 7.14. The molecule has 0 saturated heterocycles. The van der Waals surface area contributed by atoms with E-state index in [1.807, 2.05) is 53.9 Å². The molecule has 1 amide bonds. The molecule has 0 bridgehead atoms. The van der Waals surface area contributed by atoms with E-state index in [9.17, 15) is 19.8 Å². The van der Waals surface area contributed by atoms with Crippen LogP contribution in [0.3, 0.4) is 0 Å². The molecular formula is C23H23ClN2O4S. The first kappa shape index (κ1) is 22.9. The first-order valence-corrected chi connectivity index (χ1v) is 11.1. The first-order valence-electron chi connectivity index (χ1n) is 9.88. The van der Waals surface area contributed by atoms with Crippen LogP contribution in [0.2, 0.25) is 5.02 Å². The summed E-state index contributed by atoms with van der Waals surface area (Å²) in [4.78, 5) is 31.0. The second-order valence-corrected chi connectivity index (χ2v) is 8.29. The number of carboxylic acids is 1. The van der Waals surface area contributed by atoms with Crippen molar-refractivity contribution >= 4 is 39.9 Å². The zero-order valence-electron chi connectivity index (χ0n) is 16.8. The summed E-state index contributed by atoms with van der Waals surface area (Å²) in [5.41, 5.74) is 2.29. The number of aliphatic hydroxyl groups excluding tert-OH is 1. The lowest BCUT2D eigenvalue weighted by Crippen LogP contribution is -2.39. The zero-order chi connectivity index (χ0) is 22.2. The van der Waals surface area contributed by atoms with Gasteiger partial charge in [0.05, 0.1) is 18.0 Å². The molecule has 0 spiro atoms. The van der Waals surface area contributed by atoms with E-state index in [0.717, 1.165) is 11.1 Å². The van der Waals surface area contributed by atoms with Crippen molar-refractivity contribution in [3.05, 3.63) is 70.6 Å². The van der Waals surface area contributed by atoms with Crippen LogP contribution in [0.1, 0.15) is 18.4 Å². The minimum Gasteiger partial charge on any atom is -0.481 e. The number of carbonyl (C=O) groups is 2. The summed E-state index contributed by atoms with van der Waals surface area (Å²) in [5.74, 6) is -2.10. The lowest BCUT2D eigenvalue weighted by atomic mass is 9.94. The third-order valence-electron chi connectivity index (χ3n) is 4.77. The maximum Gasteiger partial charge on any atom is 0.304 e. The average molecular weight is 459 g/mol. The van der Waals surface area contributed by atoms with Gasteiger partial charge in [-0.25, -0.2) is 4.98 Å². The Balaban J connectivity index is 1.90. The molecule has 3 rings (SSSR count). The predicted molar refractivity (Wildman–Crippen MR) is 123 cm³/mol. The molecular weight excluding hydrogens is 436 g/mol. The van der Waals surface area contributed by atoms with Crippen molar-refractivity contribution in [3.8, 4) is 11.3 Å². The molecule has 2 N–H and O–H groups in total. The molecule has 1 heterocycles. The number of thiazole rings is 1.